The van der Waals surface area contributed by atoms with Crippen molar-refractivity contribution in [2.24, 2.45) is 0 Å². The zero-order chi connectivity index (χ0) is 13.2. The predicted molar refractivity (Wildman–Crippen MR) is 72.4 cm³/mol. The van der Waals surface area contributed by atoms with Crippen molar-refractivity contribution < 1.29 is 4.39 Å². The smallest absolute Gasteiger partial charge is 0.137 e. The van der Waals surface area contributed by atoms with Crippen molar-refractivity contribution in [3.63, 3.8) is 0 Å². The van der Waals surface area contributed by atoms with Crippen LogP contribution in [0.5, 0.6) is 0 Å². The minimum Gasteiger partial charge on any atom is -0.365 e. The number of rotatable bonds is 3. The fourth-order valence-electron chi connectivity index (χ4n) is 2.04. The fraction of sp³-hybridized carbons (Fsp3) is 0.143. The number of anilines is 1. The van der Waals surface area contributed by atoms with Gasteiger partial charge in [0.25, 0.3) is 0 Å². The molecule has 2 aromatic heterocycles. The highest BCUT2D eigenvalue weighted by Gasteiger charge is 2.07. The third-order valence-corrected chi connectivity index (χ3v) is 3.02. The molecule has 3 rings (SSSR count). The fourth-order valence-corrected chi connectivity index (χ4v) is 2.04. The van der Waals surface area contributed by atoms with Gasteiger partial charge in [-0.2, -0.15) is 5.10 Å². The summed E-state index contributed by atoms with van der Waals surface area (Å²) in [6.45, 7) is 2.55. The Balaban J connectivity index is 1.85. The van der Waals surface area contributed by atoms with Crippen LogP contribution >= 0.6 is 0 Å². The predicted octanol–water partition coefficient (Wildman–Crippen LogP) is 3.02. The molecule has 0 saturated carbocycles. The van der Waals surface area contributed by atoms with E-state index in [1.165, 1.54) is 12.1 Å². The van der Waals surface area contributed by atoms with Crippen LogP contribution in [-0.4, -0.2) is 15.2 Å². The van der Waals surface area contributed by atoms with Gasteiger partial charge in [0, 0.05) is 18.4 Å². The van der Waals surface area contributed by atoms with Gasteiger partial charge in [0.15, 0.2) is 0 Å². The van der Waals surface area contributed by atoms with E-state index < -0.39 is 0 Å². The molecule has 19 heavy (non-hydrogen) atoms. The van der Waals surface area contributed by atoms with E-state index in [0.717, 1.165) is 28.0 Å². The second-order valence-electron chi connectivity index (χ2n) is 4.38. The standard InChI is InChI=1S/C14H13FN4/c1-9-13-12(19-18-9)6-7-16-14(13)17-8-10-2-4-11(15)5-3-10/h2-7H,8H2,1H3,(H,16,17)(H,18,19). The minimum atomic E-state index is -0.227. The molecule has 2 N–H and O–H groups in total. The Hall–Kier alpha value is -2.43. The highest BCUT2D eigenvalue weighted by atomic mass is 19.1. The second-order valence-corrected chi connectivity index (χ2v) is 4.38. The van der Waals surface area contributed by atoms with Gasteiger partial charge in [0.05, 0.1) is 10.9 Å². The highest BCUT2D eigenvalue weighted by Crippen LogP contribution is 2.22. The molecule has 1 aromatic carbocycles. The molecule has 2 heterocycles. The van der Waals surface area contributed by atoms with E-state index in [2.05, 4.69) is 20.5 Å². The summed E-state index contributed by atoms with van der Waals surface area (Å²) in [5.74, 6) is 0.558. The lowest BCUT2D eigenvalue weighted by atomic mass is 10.2. The number of pyridine rings is 1. The minimum absolute atomic E-state index is 0.227. The summed E-state index contributed by atoms with van der Waals surface area (Å²) in [6.07, 6.45) is 1.72. The van der Waals surface area contributed by atoms with E-state index in [-0.39, 0.29) is 5.82 Å². The first-order valence-corrected chi connectivity index (χ1v) is 6.02. The van der Waals surface area contributed by atoms with E-state index in [4.69, 9.17) is 0 Å². The maximum atomic E-state index is 12.8. The molecule has 3 aromatic rings. The molecule has 0 aliphatic carbocycles. The third kappa shape index (κ3) is 2.27. The summed E-state index contributed by atoms with van der Waals surface area (Å²) in [4.78, 5) is 4.33. The monoisotopic (exact) mass is 256 g/mol. The van der Waals surface area contributed by atoms with E-state index in [1.54, 1.807) is 18.3 Å². The van der Waals surface area contributed by atoms with Gasteiger partial charge in [0.1, 0.15) is 11.6 Å². The van der Waals surface area contributed by atoms with Gasteiger partial charge in [-0.3, -0.25) is 5.10 Å². The van der Waals surface area contributed by atoms with Crippen molar-refractivity contribution in [3.05, 3.63) is 53.6 Å². The van der Waals surface area contributed by atoms with E-state index in [1.807, 2.05) is 13.0 Å². The molecular formula is C14H13FN4. The summed E-state index contributed by atoms with van der Waals surface area (Å²) >= 11 is 0. The summed E-state index contributed by atoms with van der Waals surface area (Å²) in [5, 5.41) is 11.4. The molecule has 0 spiro atoms. The zero-order valence-corrected chi connectivity index (χ0v) is 10.4. The van der Waals surface area contributed by atoms with Gasteiger partial charge < -0.3 is 5.32 Å². The van der Waals surface area contributed by atoms with Gasteiger partial charge in [-0.05, 0) is 30.7 Å². The van der Waals surface area contributed by atoms with E-state index in [0.29, 0.717) is 6.54 Å². The van der Waals surface area contributed by atoms with Crippen LogP contribution in [0, 0.1) is 12.7 Å². The number of aromatic nitrogens is 3. The largest absolute Gasteiger partial charge is 0.365 e. The Labute approximate surface area is 109 Å². The van der Waals surface area contributed by atoms with Crippen molar-refractivity contribution >= 4 is 16.7 Å². The number of aryl methyl sites for hydroxylation is 1. The Morgan fingerprint density at radius 1 is 1.21 bits per heavy atom. The number of aromatic amines is 1. The number of nitrogens with zero attached hydrogens (tertiary/aromatic N) is 2. The average molecular weight is 256 g/mol. The molecule has 0 radical (unpaired) electrons. The summed E-state index contributed by atoms with van der Waals surface area (Å²) in [7, 11) is 0. The van der Waals surface area contributed by atoms with Crippen LogP contribution in [0.25, 0.3) is 10.9 Å². The van der Waals surface area contributed by atoms with Gasteiger partial charge in [-0.25, -0.2) is 9.37 Å². The number of hydrogen-bond acceptors (Lipinski definition) is 3. The van der Waals surface area contributed by atoms with Gasteiger partial charge in [-0.15, -0.1) is 0 Å². The van der Waals surface area contributed by atoms with Crippen molar-refractivity contribution in [2.75, 3.05) is 5.32 Å². The van der Waals surface area contributed by atoms with Crippen LogP contribution in [0.1, 0.15) is 11.3 Å². The molecule has 0 aliphatic rings. The molecule has 0 atom stereocenters. The molecule has 0 saturated heterocycles. The van der Waals surface area contributed by atoms with Crippen LogP contribution < -0.4 is 5.32 Å². The summed E-state index contributed by atoms with van der Waals surface area (Å²) < 4.78 is 12.8. The first kappa shape index (κ1) is 11.6. The lowest BCUT2D eigenvalue weighted by molar-refractivity contribution is 0.627. The summed E-state index contributed by atoms with van der Waals surface area (Å²) in [5.41, 5.74) is 2.86. The normalized spacial score (nSPS) is 10.8. The molecule has 0 amide bonds. The maximum absolute atomic E-state index is 12.8. The van der Waals surface area contributed by atoms with Crippen molar-refractivity contribution in [1.82, 2.24) is 15.2 Å². The summed E-state index contributed by atoms with van der Waals surface area (Å²) in [6, 6.07) is 8.28. The number of benzene rings is 1. The quantitative estimate of drug-likeness (QED) is 0.757. The van der Waals surface area contributed by atoms with Crippen LogP contribution in [0.3, 0.4) is 0 Å². The SMILES string of the molecule is Cc1[nH]nc2ccnc(NCc3ccc(F)cc3)c12. The van der Waals surface area contributed by atoms with Crippen LogP contribution in [0.2, 0.25) is 0 Å². The van der Waals surface area contributed by atoms with Crippen molar-refractivity contribution in [3.8, 4) is 0 Å². The number of fused-ring (bicyclic) bond motifs is 1. The molecule has 4 nitrogen and oxygen atoms in total. The van der Waals surface area contributed by atoms with Gasteiger partial charge in [-0.1, -0.05) is 12.1 Å². The van der Waals surface area contributed by atoms with Crippen LogP contribution in [0.15, 0.2) is 36.5 Å². The topological polar surface area (TPSA) is 53.6 Å². The lowest BCUT2D eigenvalue weighted by Crippen LogP contribution is -2.01. The van der Waals surface area contributed by atoms with E-state index in [9.17, 15) is 4.39 Å². The van der Waals surface area contributed by atoms with Gasteiger partial charge in [0.2, 0.25) is 0 Å². The Morgan fingerprint density at radius 3 is 2.79 bits per heavy atom. The molecule has 0 unspecified atom stereocenters. The zero-order valence-electron chi connectivity index (χ0n) is 10.4. The second kappa shape index (κ2) is 4.68. The average Bonchev–Trinajstić information content (AvgIpc) is 2.81. The van der Waals surface area contributed by atoms with E-state index >= 15 is 0 Å². The molecular weight excluding hydrogens is 243 g/mol. The van der Waals surface area contributed by atoms with Gasteiger partial charge >= 0.3 is 0 Å². The molecule has 0 fully saturated rings. The molecule has 0 aliphatic heterocycles. The number of nitrogens with one attached hydrogen (secondary N) is 2. The lowest BCUT2D eigenvalue weighted by Gasteiger charge is -2.07. The number of halogens is 1. The van der Waals surface area contributed by atoms with Crippen LogP contribution in [-0.2, 0) is 6.54 Å². The first-order valence-electron chi connectivity index (χ1n) is 6.02. The Bertz CT molecular complexity index is 703. The molecule has 5 heteroatoms. The molecule has 0 bridgehead atoms. The Kier molecular flexibility index (Phi) is 2.87. The maximum Gasteiger partial charge on any atom is 0.137 e. The number of hydrogen-bond donors (Lipinski definition) is 2. The highest BCUT2D eigenvalue weighted by molar-refractivity contribution is 5.91. The van der Waals surface area contributed by atoms with Crippen molar-refractivity contribution in [1.29, 1.82) is 0 Å². The van der Waals surface area contributed by atoms with Crippen molar-refractivity contribution in [2.45, 2.75) is 13.5 Å². The Morgan fingerprint density at radius 2 is 2.00 bits per heavy atom. The first-order chi connectivity index (χ1) is 9.24. The third-order valence-electron chi connectivity index (χ3n) is 3.02. The van der Waals surface area contributed by atoms with Crippen LogP contribution in [0.4, 0.5) is 10.2 Å². The molecule has 96 valence electrons. The number of H-pyrrole nitrogens is 1.